The first-order valence-electron chi connectivity index (χ1n) is 10.5. The smallest absolute Gasteiger partial charge is 0.311 e. The van der Waals surface area contributed by atoms with Gasteiger partial charge >= 0.3 is 5.97 Å². The Morgan fingerprint density at radius 3 is 2.55 bits per heavy atom. The summed E-state index contributed by atoms with van der Waals surface area (Å²) < 4.78 is 5.59. The summed E-state index contributed by atoms with van der Waals surface area (Å²) in [5, 5.41) is 3.36. The van der Waals surface area contributed by atoms with Crippen LogP contribution in [0.3, 0.4) is 0 Å². The molecule has 0 aliphatic heterocycles. The summed E-state index contributed by atoms with van der Waals surface area (Å²) in [6.45, 7) is 0. The van der Waals surface area contributed by atoms with Gasteiger partial charge in [0.25, 0.3) is 0 Å². The van der Waals surface area contributed by atoms with Gasteiger partial charge in [0.1, 0.15) is 5.75 Å². The minimum Gasteiger partial charge on any atom is -0.427 e. The fraction of sp³-hybridized carbons (Fsp3) is 0.111. The van der Waals surface area contributed by atoms with Crippen LogP contribution < -0.4 is 4.74 Å². The minimum atomic E-state index is -0.213. The van der Waals surface area contributed by atoms with Gasteiger partial charge < -0.3 is 9.72 Å². The largest absolute Gasteiger partial charge is 0.427 e. The molecule has 31 heavy (non-hydrogen) atoms. The van der Waals surface area contributed by atoms with Gasteiger partial charge in [0.2, 0.25) is 0 Å². The number of pyridine rings is 1. The van der Waals surface area contributed by atoms with Gasteiger partial charge in [0.05, 0.1) is 11.4 Å². The van der Waals surface area contributed by atoms with Gasteiger partial charge in [0.15, 0.2) is 0 Å². The number of aromatic nitrogens is 2. The van der Waals surface area contributed by atoms with E-state index in [0.717, 1.165) is 34.1 Å². The van der Waals surface area contributed by atoms with Crippen molar-refractivity contribution >= 4 is 27.6 Å². The second kappa shape index (κ2) is 8.44. The molecule has 0 fully saturated rings. The monoisotopic (exact) mass is 406 g/mol. The second-order valence-corrected chi connectivity index (χ2v) is 7.58. The summed E-state index contributed by atoms with van der Waals surface area (Å²) in [6, 6.07) is 27.9. The maximum atomic E-state index is 12.5. The minimum absolute atomic E-state index is 0.213. The Morgan fingerprint density at radius 1 is 0.871 bits per heavy atom. The van der Waals surface area contributed by atoms with E-state index in [1.54, 1.807) is 6.20 Å². The summed E-state index contributed by atoms with van der Waals surface area (Å²) in [5.74, 6) is 0.375. The Kier molecular flexibility index (Phi) is 5.19. The third kappa shape index (κ3) is 4.05. The summed E-state index contributed by atoms with van der Waals surface area (Å²) in [6.07, 6.45) is 3.62. The highest BCUT2D eigenvalue weighted by molar-refractivity contribution is 5.90. The fourth-order valence-electron chi connectivity index (χ4n) is 4.01. The number of esters is 1. The molecule has 0 amide bonds. The lowest BCUT2D eigenvalue weighted by Crippen LogP contribution is -2.08. The molecule has 0 atom stereocenters. The SMILES string of the molecule is O=C(CCCc1c(-c2ccccn2)[nH]c2ccccc12)Oc1ccc2ccccc2c1. The van der Waals surface area contributed by atoms with Crippen LogP contribution in [-0.2, 0) is 11.2 Å². The molecule has 0 bridgehead atoms. The first-order valence-corrected chi connectivity index (χ1v) is 10.5. The summed E-state index contributed by atoms with van der Waals surface area (Å²) in [5.41, 5.74) is 4.20. The van der Waals surface area contributed by atoms with Crippen molar-refractivity contribution < 1.29 is 9.53 Å². The van der Waals surface area contributed by atoms with Gasteiger partial charge in [-0.05, 0) is 59.5 Å². The molecule has 1 N–H and O–H groups in total. The third-order valence-corrected chi connectivity index (χ3v) is 5.49. The molecule has 4 nitrogen and oxygen atoms in total. The molecule has 5 aromatic rings. The average Bonchev–Trinajstić information content (AvgIpc) is 3.18. The fourth-order valence-corrected chi connectivity index (χ4v) is 4.01. The average molecular weight is 406 g/mol. The maximum absolute atomic E-state index is 12.5. The predicted octanol–water partition coefficient (Wildman–Crippen LogP) is 6.31. The van der Waals surface area contributed by atoms with Gasteiger partial charge in [-0.25, -0.2) is 0 Å². The van der Waals surface area contributed by atoms with E-state index in [0.29, 0.717) is 18.6 Å². The van der Waals surface area contributed by atoms with Crippen LogP contribution in [0.4, 0.5) is 0 Å². The normalized spacial score (nSPS) is 11.1. The lowest BCUT2D eigenvalue weighted by Gasteiger charge is -2.07. The lowest BCUT2D eigenvalue weighted by atomic mass is 10.0. The molecule has 3 aromatic carbocycles. The van der Waals surface area contributed by atoms with Crippen molar-refractivity contribution in [3.8, 4) is 17.1 Å². The van der Waals surface area contributed by atoms with Gasteiger partial charge in [-0.1, -0.05) is 54.6 Å². The number of benzene rings is 3. The summed E-state index contributed by atoms with van der Waals surface area (Å²) in [4.78, 5) is 20.5. The van der Waals surface area contributed by atoms with Gasteiger partial charge in [0, 0.05) is 23.5 Å². The number of ether oxygens (including phenoxy) is 1. The molecule has 0 radical (unpaired) electrons. The van der Waals surface area contributed by atoms with E-state index in [-0.39, 0.29) is 5.97 Å². The predicted molar refractivity (Wildman–Crippen MR) is 124 cm³/mol. The van der Waals surface area contributed by atoms with E-state index in [4.69, 9.17) is 4.74 Å². The number of aromatic amines is 1. The zero-order valence-corrected chi connectivity index (χ0v) is 17.0. The van der Waals surface area contributed by atoms with Crippen LogP contribution in [0.5, 0.6) is 5.75 Å². The van der Waals surface area contributed by atoms with E-state index < -0.39 is 0 Å². The molecular formula is C27H22N2O2. The van der Waals surface area contributed by atoms with Crippen molar-refractivity contribution in [1.82, 2.24) is 9.97 Å². The Morgan fingerprint density at radius 2 is 1.68 bits per heavy atom. The Bertz CT molecular complexity index is 1360. The Hall–Kier alpha value is -3.92. The molecule has 0 spiro atoms. The zero-order valence-electron chi connectivity index (χ0n) is 17.0. The molecule has 0 aliphatic carbocycles. The Labute approximate surface area is 180 Å². The van der Waals surface area contributed by atoms with Gasteiger partial charge in [-0.15, -0.1) is 0 Å². The van der Waals surface area contributed by atoms with E-state index in [1.807, 2.05) is 72.8 Å². The standard InChI is InChI=1S/C27H22N2O2/c30-26(31-21-16-15-19-8-1-2-9-20(19)18-21)14-7-11-23-22-10-3-4-12-24(22)29-27(23)25-13-5-6-17-28-25/h1-6,8-10,12-13,15-18,29H,7,11,14H2. The first-order chi connectivity index (χ1) is 15.3. The number of para-hydroxylation sites is 1. The molecule has 0 unspecified atom stereocenters. The number of hydrogen-bond acceptors (Lipinski definition) is 3. The topological polar surface area (TPSA) is 55.0 Å². The lowest BCUT2D eigenvalue weighted by molar-refractivity contribution is -0.134. The highest BCUT2D eigenvalue weighted by atomic mass is 16.5. The van der Waals surface area contributed by atoms with Crippen molar-refractivity contribution in [2.24, 2.45) is 0 Å². The Balaban J connectivity index is 1.30. The van der Waals surface area contributed by atoms with E-state index in [9.17, 15) is 4.79 Å². The molecule has 5 rings (SSSR count). The van der Waals surface area contributed by atoms with Crippen molar-refractivity contribution in [2.45, 2.75) is 19.3 Å². The summed E-state index contributed by atoms with van der Waals surface area (Å²) in [7, 11) is 0. The second-order valence-electron chi connectivity index (χ2n) is 7.58. The van der Waals surface area contributed by atoms with Crippen molar-refractivity contribution in [1.29, 1.82) is 0 Å². The molecule has 2 aromatic heterocycles. The van der Waals surface area contributed by atoms with Crippen molar-refractivity contribution in [3.05, 3.63) is 96.7 Å². The van der Waals surface area contributed by atoms with Gasteiger partial charge in [-0.2, -0.15) is 0 Å². The van der Waals surface area contributed by atoms with Crippen LogP contribution in [0.15, 0.2) is 91.1 Å². The maximum Gasteiger partial charge on any atom is 0.311 e. The number of H-pyrrole nitrogens is 1. The van der Waals surface area contributed by atoms with Crippen LogP contribution >= 0.6 is 0 Å². The number of carbonyl (C=O) groups is 1. The first kappa shape index (κ1) is 19.1. The van der Waals surface area contributed by atoms with E-state index >= 15 is 0 Å². The number of fused-ring (bicyclic) bond motifs is 2. The number of nitrogens with zero attached hydrogens (tertiary/aromatic N) is 1. The molecule has 2 heterocycles. The number of rotatable bonds is 6. The van der Waals surface area contributed by atoms with Crippen molar-refractivity contribution in [2.75, 3.05) is 0 Å². The molecule has 152 valence electrons. The van der Waals surface area contributed by atoms with Crippen LogP contribution in [0.1, 0.15) is 18.4 Å². The number of carbonyl (C=O) groups excluding carboxylic acids is 1. The highest BCUT2D eigenvalue weighted by Gasteiger charge is 2.14. The number of nitrogens with one attached hydrogen (secondary N) is 1. The van der Waals surface area contributed by atoms with E-state index in [1.165, 1.54) is 10.9 Å². The van der Waals surface area contributed by atoms with Crippen LogP contribution in [-0.4, -0.2) is 15.9 Å². The molecule has 4 heteroatoms. The zero-order chi connectivity index (χ0) is 21.0. The highest BCUT2D eigenvalue weighted by Crippen LogP contribution is 2.30. The molecule has 0 saturated heterocycles. The van der Waals surface area contributed by atoms with Crippen molar-refractivity contribution in [3.63, 3.8) is 0 Å². The van der Waals surface area contributed by atoms with E-state index in [2.05, 4.69) is 22.1 Å². The molecule has 0 aliphatic rings. The van der Waals surface area contributed by atoms with Crippen LogP contribution in [0.2, 0.25) is 0 Å². The van der Waals surface area contributed by atoms with Crippen LogP contribution in [0.25, 0.3) is 33.1 Å². The van der Waals surface area contributed by atoms with Crippen LogP contribution in [0, 0.1) is 0 Å². The molecule has 0 saturated carbocycles. The summed E-state index contributed by atoms with van der Waals surface area (Å²) >= 11 is 0. The third-order valence-electron chi connectivity index (χ3n) is 5.49. The number of hydrogen-bond donors (Lipinski definition) is 1. The number of aryl methyl sites for hydroxylation is 1. The van der Waals surface area contributed by atoms with Gasteiger partial charge in [-0.3, -0.25) is 9.78 Å². The quantitative estimate of drug-likeness (QED) is 0.265. The molecular weight excluding hydrogens is 384 g/mol.